The second-order valence-corrected chi connectivity index (χ2v) is 8.53. The molecule has 3 nitrogen and oxygen atoms in total. The fraction of sp³-hybridized carbons (Fsp3) is 0.423. The van der Waals surface area contributed by atoms with Gasteiger partial charge in [-0.2, -0.15) is 0 Å². The van der Waals surface area contributed by atoms with Gasteiger partial charge < -0.3 is 10.0 Å². The van der Waals surface area contributed by atoms with E-state index in [0.29, 0.717) is 11.6 Å². The minimum Gasteiger partial charge on any atom is -0.387 e. The molecule has 4 heteroatoms. The Bertz CT molecular complexity index is 947. The second-order valence-electron chi connectivity index (χ2n) is 8.10. The Hall–Kier alpha value is -1.94. The van der Waals surface area contributed by atoms with Crippen LogP contribution in [0.1, 0.15) is 56.8 Å². The first kappa shape index (κ1) is 22.7. The number of unbranched alkanes of at least 4 members (excludes halogenated alkanes) is 2. The van der Waals surface area contributed by atoms with Gasteiger partial charge in [-0.25, -0.2) is 4.98 Å². The summed E-state index contributed by atoms with van der Waals surface area (Å²) in [6.45, 7) is 9.20. The molecule has 3 aromatic rings. The molecular formula is C26H33ClN2O. The van der Waals surface area contributed by atoms with Crippen LogP contribution in [0.5, 0.6) is 0 Å². The summed E-state index contributed by atoms with van der Waals surface area (Å²) in [6, 6.07) is 16.0. The third kappa shape index (κ3) is 5.60. The first-order valence-electron chi connectivity index (χ1n) is 11.1. The lowest BCUT2D eigenvalue weighted by Gasteiger charge is -2.26. The molecule has 0 spiro atoms. The lowest BCUT2D eigenvalue weighted by Crippen LogP contribution is -2.31. The van der Waals surface area contributed by atoms with Crippen molar-refractivity contribution >= 4 is 22.5 Å². The number of aromatic nitrogens is 1. The van der Waals surface area contributed by atoms with Gasteiger partial charge >= 0.3 is 0 Å². The maximum Gasteiger partial charge on any atom is 0.0924 e. The van der Waals surface area contributed by atoms with E-state index in [9.17, 15) is 5.11 Å². The summed E-state index contributed by atoms with van der Waals surface area (Å²) in [5.74, 6) is 0. The molecule has 1 aromatic heterocycles. The van der Waals surface area contributed by atoms with E-state index in [1.807, 2.05) is 36.4 Å². The van der Waals surface area contributed by atoms with Crippen molar-refractivity contribution < 1.29 is 5.11 Å². The molecule has 0 bridgehead atoms. The van der Waals surface area contributed by atoms with Gasteiger partial charge in [0.15, 0.2) is 0 Å². The molecule has 0 fully saturated rings. The maximum absolute atomic E-state index is 11.3. The molecule has 1 N–H and O–H groups in total. The van der Waals surface area contributed by atoms with Gasteiger partial charge in [-0.3, -0.25) is 0 Å². The predicted molar refractivity (Wildman–Crippen MR) is 128 cm³/mol. The van der Waals surface area contributed by atoms with Crippen LogP contribution in [0.2, 0.25) is 5.02 Å². The number of aryl methyl sites for hydroxylation is 1. The van der Waals surface area contributed by atoms with Crippen molar-refractivity contribution in [2.75, 3.05) is 19.6 Å². The van der Waals surface area contributed by atoms with Gasteiger partial charge in [0.05, 0.1) is 17.3 Å². The number of benzene rings is 2. The Balaban J connectivity index is 2.00. The highest BCUT2D eigenvalue weighted by Gasteiger charge is 2.18. The van der Waals surface area contributed by atoms with Gasteiger partial charge in [0, 0.05) is 22.5 Å². The molecule has 0 aliphatic rings. The van der Waals surface area contributed by atoms with Crippen molar-refractivity contribution in [3.63, 3.8) is 0 Å². The molecule has 0 saturated carbocycles. The number of para-hydroxylation sites is 1. The summed E-state index contributed by atoms with van der Waals surface area (Å²) >= 11 is 6.08. The Kier molecular flexibility index (Phi) is 8.26. The quantitative estimate of drug-likeness (QED) is 0.388. The minimum absolute atomic E-state index is 0.558. The van der Waals surface area contributed by atoms with Crippen molar-refractivity contribution in [1.82, 2.24) is 9.88 Å². The first-order valence-corrected chi connectivity index (χ1v) is 11.5. The van der Waals surface area contributed by atoms with Crippen LogP contribution in [0.4, 0.5) is 0 Å². The predicted octanol–water partition coefficient (Wildman–Crippen LogP) is 6.80. The molecule has 1 unspecified atom stereocenters. The minimum atomic E-state index is -0.558. The van der Waals surface area contributed by atoms with Gasteiger partial charge in [-0.05, 0) is 62.2 Å². The first-order chi connectivity index (χ1) is 14.5. The third-order valence-electron chi connectivity index (χ3n) is 5.66. The molecule has 1 heterocycles. The standard InChI is InChI=1S/C26H33ClN2O/c1-4-6-15-29(16-7-5-2)18-25(30)23-17-24(20-11-13-21(27)14-12-20)28-26-19(3)9-8-10-22(23)26/h8-14,17,25,30H,4-7,15-16,18H2,1-3H3. The Labute approximate surface area is 185 Å². The fourth-order valence-electron chi connectivity index (χ4n) is 3.86. The number of nitrogens with zero attached hydrogens (tertiary/aromatic N) is 2. The van der Waals surface area contributed by atoms with Crippen molar-refractivity contribution in [1.29, 1.82) is 0 Å². The smallest absolute Gasteiger partial charge is 0.0924 e. The van der Waals surface area contributed by atoms with Crippen molar-refractivity contribution in [3.8, 4) is 11.3 Å². The van der Waals surface area contributed by atoms with Crippen LogP contribution < -0.4 is 0 Å². The molecule has 0 radical (unpaired) electrons. The van der Waals surface area contributed by atoms with Gasteiger partial charge in [0.1, 0.15) is 0 Å². The van der Waals surface area contributed by atoms with Crippen LogP contribution in [0.3, 0.4) is 0 Å². The highest BCUT2D eigenvalue weighted by Crippen LogP contribution is 2.31. The summed E-state index contributed by atoms with van der Waals surface area (Å²) in [5, 5.41) is 13.0. The zero-order valence-electron chi connectivity index (χ0n) is 18.4. The van der Waals surface area contributed by atoms with Gasteiger partial charge in [0.2, 0.25) is 0 Å². The molecule has 3 rings (SSSR count). The average molecular weight is 425 g/mol. The molecule has 0 amide bonds. The number of aliphatic hydroxyl groups excluding tert-OH is 1. The summed E-state index contributed by atoms with van der Waals surface area (Å²) in [5.41, 5.74) is 4.90. The number of hydrogen-bond acceptors (Lipinski definition) is 3. The molecule has 160 valence electrons. The lowest BCUT2D eigenvalue weighted by atomic mass is 9.98. The number of rotatable bonds is 10. The molecular weight excluding hydrogens is 392 g/mol. The molecule has 1 atom stereocenters. The average Bonchev–Trinajstić information content (AvgIpc) is 2.75. The third-order valence-corrected chi connectivity index (χ3v) is 5.91. The number of fused-ring (bicyclic) bond motifs is 1. The number of hydrogen-bond donors (Lipinski definition) is 1. The van der Waals surface area contributed by atoms with E-state index < -0.39 is 6.10 Å². The summed E-state index contributed by atoms with van der Waals surface area (Å²) in [6.07, 6.45) is 4.08. The molecule has 30 heavy (non-hydrogen) atoms. The molecule has 0 saturated heterocycles. The largest absolute Gasteiger partial charge is 0.387 e. The van der Waals surface area contributed by atoms with Crippen LogP contribution in [0.15, 0.2) is 48.5 Å². The second kappa shape index (κ2) is 10.9. The van der Waals surface area contributed by atoms with E-state index in [1.54, 1.807) is 0 Å². The van der Waals surface area contributed by atoms with Gasteiger partial charge in [-0.1, -0.05) is 68.6 Å². The molecule has 0 aliphatic heterocycles. The summed E-state index contributed by atoms with van der Waals surface area (Å²) in [4.78, 5) is 7.33. The summed E-state index contributed by atoms with van der Waals surface area (Å²) in [7, 11) is 0. The van der Waals surface area contributed by atoms with Crippen LogP contribution >= 0.6 is 11.6 Å². The van der Waals surface area contributed by atoms with Crippen molar-refractivity contribution in [2.24, 2.45) is 0 Å². The number of pyridine rings is 1. The topological polar surface area (TPSA) is 36.4 Å². The Morgan fingerprint density at radius 3 is 2.30 bits per heavy atom. The van der Waals surface area contributed by atoms with Crippen LogP contribution in [0.25, 0.3) is 22.2 Å². The van der Waals surface area contributed by atoms with E-state index >= 15 is 0 Å². The van der Waals surface area contributed by atoms with Gasteiger partial charge in [0.25, 0.3) is 0 Å². The molecule has 2 aromatic carbocycles. The normalized spacial score (nSPS) is 12.6. The monoisotopic (exact) mass is 424 g/mol. The van der Waals surface area contributed by atoms with Gasteiger partial charge in [-0.15, -0.1) is 0 Å². The SMILES string of the molecule is CCCCN(CCCC)CC(O)c1cc(-c2ccc(Cl)cc2)nc2c(C)cccc12. The van der Waals surface area contributed by atoms with Crippen molar-refractivity contribution in [2.45, 2.75) is 52.6 Å². The number of aliphatic hydroxyl groups is 1. The van der Waals surface area contributed by atoms with E-state index in [0.717, 1.165) is 72.1 Å². The Morgan fingerprint density at radius 1 is 1.00 bits per heavy atom. The molecule has 0 aliphatic carbocycles. The zero-order chi connectivity index (χ0) is 21.5. The maximum atomic E-state index is 11.3. The van der Waals surface area contributed by atoms with Crippen molar-refractivity contribution in [3.05, 3.63) is 64.7 Å². The summed E-state index contributed by atoms with van der Waals surface area (Å²) < 4.78 is 0. The fourth-order valence-corrected chi connectivity index (χ4v) is 3.99. The lowest BCUT2D eigenvalue weighted by molar-refractivity contribution is 0.112. The highest BCUT2D eigenvalue weighted by atomic mass is 35.5. The van der Waals surface area contributed by atoms with E-state index in [4.69, 9.17) is 16.6 Å². The van der Waals surface area contributed by atoms with E-state index in [2.05, 4.69) is 37.8 Å². The number of halogens is 1. The highest BCUT2D eigenvalue weighted by molar-refractivity contribution is 6.30. The van der Waals surface area contributed by atoms with E-state index in [1.165, 1.54) is 0 Å². The Morgan fingerprint density at radius 2 is 1.67 bits per heavy atom. The zero-order valence-corrected chi connectivity index (χ0v) is 19.1. The van der Waals surface area contributed by atoms with Crippen LogP contribution in [-0.2, 0) is 0 Å². The van der Waals surface area contributed by atoms with Crippen LogP contribution in [0, 0.1) is 6.92 Å². The van der Waals surface area contributed by atoms with E-state index in [-0.39, 0.29) is 0 Å². The van der Waals surface area contributed by atoms with Crippen LogP contribution in [-0.4, -0.2) is 34.6 Å².